The molecule has 0 aliphatic carbocycles. The van der Waals surface area contributed by atoms with E-state index in [2.05, 4.69) is 5.32 Å². The fourth-order valence-electron chi connectivity index (χ4n) is 2.92. The van der Waals surface area contributed by atoms with Gasteiger partial charge >= 0.3 is 6.09 Å². The number of halogens is 1. The molecule has 0 saturated heterocycles. The molecule has 2 aromatic carbocycles. The molecular formula is C22H25FN2O4. The number of carbonyl (C=O) groups is 2. The summed E-state index contributed by atoms with van der Waals surface area (Å²) in [7, 11) is 0. The lowest BCUT2D eigenvalue weighted by atomic mass is 10.1. The highest BCUT2D eigenvalue weighted by Crippen LogP contribution is 2.31. The zero-order valence-electron chi connectivity index (χ0n) is 17.0. The SMILES string of the molecule is CC1Oc2ccc(CN(Cc3ccccc3F)C(=O)OC(C)(C)C)cc2NC1=O. The zero-order valence-corrected chi connectivity index (χ0v) is 17.0. The standard InChI is InChI=1S/C22H25FN2O4/c1-14-20(26)24-18-11-15(9-10-19(18)28-14)12-25(21(27)29-22(2,3)4)13-16-7-5-6-8-17(16)23/h5-11,14H,12-13H2,1-4H3,(H,24,26). The molecule has 2 aromatic rings. The minimum atomic E-state index is -0.682. The minimum absolute atomic E-state index is 0.0541. The molecule has 1 aliphatic heterocycles. The van der Waals surface area contributed by atoms with Crippen LogP contribution in [-0.4, -0.2) is 28.6 Å². The maximum atomic E-state index is 14.2. The van der Waals surface area contributed by atoms with Gasteiger partial charge in [-0.3, -0.25) is 9.69 Å². The molecule has 6 nitrogen and oxygen atoms in total. The van der Waals surface area contributed by atoms with Gasteiger partial charge in [0.1, 0.15) is 17.2 Å². The molecule has 1 aliphatic rings. The quantitative estimate of drug-likeness (QED) is 0.822. The Balaban J connectivity index is 1.85. The third kappa shape index (κ3) is 5.25. The fourth-order valence-corrected chi connectivity index (χ4v) is 2.92. The van der Waals surface area contributed by atoms with Crippen molar-refractivity contribution in [3.05, 3.63) is 59.4 Å². The number of rotatable bonds is 4. The maximum Gasteiger partial charge on any atom is 0.410 e. The molecule has 0 fully saturated rings. The van der Waals surface area contributed by atoms with E-state index >= 15 is 0 Å². The van der Waals surface area contributed by atoms with Crippen LogP contribution in [0.5, 0.6) is 5.75 Å². The van der Waals surface area contributed by atoms with Gasteiger partial charge < -0.3 is 14.8 Å². The van der Waals surface area contributed by atoms with E-state index < -0.39 is 17.8 Å². The van der Waals surface area contributed by atoms with Crippen LogP contribution in [0.2, 0.25) is 0 Å². The van der Waals surface area contributed by atoms with E-state index in [4.69, 9.17) is 9.47 Å². The third-order valence-corrected chi connectivity index (χ3v) is 4.32. The van der Waals surface area contributed by atoms with E-state index in [1.807, 2.05) is 6.07 Å². The molecule has 0 bridgehead atoms. The number of nitrogens with one attached hydrogen (secondary N) is 1. The highest BCUT2D eigenvalue weighted by Gasteiger charge is 2.26. The molecule has 29 heavy (non-hydrogen) atoms. The molecule has 0 aromatic heterocycles. The van der Waals surface area contributed by atoms with Gasteiger partial charge in [0, 0.05) is 12.1 Å². The summed E-state index contributed by atoms with van der Waals surface area (Å²) in [6, 6.07) is 11.6. The van der Waals surface area contributed by atoms with Crippen molar-refractivity contribution < 1.29 is 23.5 Å². The lowest BCUT2D eigenvalue weighted by Crippen LogP contribution is -2.36. The Morgan fingerprint density at radius 1 is 1.21 bits per heavy atom. The largest absolute Gasteiger partial charge is 0.479 e. The van der Waals surface area contributed by atoms with Crippen molar-refractivity contribution >= 4 is 17.7 Å². The Morgan fingerprint density at radius 3 is 2.62 bits per heavy atom. The Bertz CT molecular complexity index is 923. The normalized spacial score (nSPS) is 15.8. The molecule has 154 valence electrons. The molecule has 0 spiro atoms. The number of benzene rings is 2. The summed E-state index contributed by atoms with van der Waals surface area (Å²) in [4.78, 5) is 26.1. The second-order valence-electron chi connectivity index (χ2n) is 8.01. The van der Waals surface area contributed by atoms with Gasteiger partial charge in [-0.1, -0.05) is 24.3 Å². The van der Waals surface area contributed by atoms with Crippen LogP contribution in [0.25, 0.3) is 0 Å². The second kappa shape index (κ2) is 8.11. The Kier molecular flexibility index (Phi) is 5.77. The van der Waals surface area contributed by atoms with E-state index in [1.54, 1.807) is 58.0 Å². The van der Waals surface area contributed by atoms with Gasteiger partial charge in [-0.25, -0.2) is 9.18 Å². The number of hydrogen-bond donors (Lipinski definition) is 1. The molecule has 1 N–H and O–H groups in total. The number of ether oxygens (including phenoxy) is 2. The number of fused-ring (bicyclic) bond motifs is 1. The van der Waals surface area contributed by atoms with Crippen molar-refractivity contribution in [2.24, 2.45) is 0 Å². The summed E-state index contributed by atoms with van der Waals surface area (Å²) in [6.07, 6.45) is -1.11. The third-order valence-electron chi connectivity index (χ3n) is 4.32. The molecule has 1 atom stereocenters. The van der Waals surface area contributed by atoms with Gasteiger partial charge in [-0.2, -0.15) is 0 Å². The van der Waals surface area contributed by atoms with Crippen molar-refractivity contribution in [1.82, 2.24) is 4.90 Å². The number of nitrogens with zero attached hydrogens (tertiary/aromatic N) is 1. The van der Waals surface area contributed by atoms with Crippen LogP contribution in [-0.2, 0) is 22.6 Å². The first-order valence-corrected chi connectivity index (χ1v) is 9.44. The molecule has 0 saturated carbocycles. The van der Waals surface area contributed by atoms with Crippen LogP contribution in [0, 0.1) is 5.82 Å². The highest BCUT2D eigenvalue weighted by molar-refractivity contribution is 5.97. The van der Waals surface area contributed by atoms with E-state index in [0.717, 1.165) is 5.56 Å². The van der Waals surface area contributed by atoms with Gasteiger partial charge in [0.2, 0.25) is 0 Å². The van der Waals surface area contributed by atoms with Gasteiger partial charge in [-0.05, 0) is 51.5 Å². The summed E-state index contributed by atoms with van der Waals surface area (Å²) in [5.74, 6) is -0.0510. The number of hydrogen-bond acceptors (Lipinski definition) is 4. The van der Waals surface area contributed by atoms with Crippen LogP contribution >= 0.6 is 0 Å². The monoisotopic (exact) mass is 400 g/mol. The number of carbonyl (C=O) groups excluding carboxylic acids is 2. The molecule has 0 radical (unpaired) electrons. The first kappa shape index (κ1) is 20.6. The smallest absolute Gasteiger partial charge is 0.410 e. The lowest BCUT2D eigenvalue weighted by Gasteiger charge is -2.28. The van der Waals surface area contributed by atoms with Gasteiger partial charge in [0.25, 0.3) is 5.91 Å². The summed E-state index contributed by atoms with van der Waals surface area (Å²) in [6.45, 7) is 7.24. The Hall–Kier alpha value is -3.09. The summed E-state index contributed by atoms with van der Waals surface area (Å²) in [5.41, 5.74) is 1.00. The van der Waals surface area contributed by atoms with Crippen LogP contribution in [0.4, 0.5) is 14.9 Å². The summed E-state index contributed by atoms with van der Waals surface area (Å²) < 4.78 is 25.2. The van der Waals surface area contributed by atoms with Gasteiger partial charge in [0.15, 0.2) is 6.10 Å². The number of anilines is 1. The summed E-state index contributed by atoms with van der Waals surface area (Å²) >= 11 is 0. The molecule has 1 unspecified atom stereocenters. The highest BCUT2D eigenvalue weighted by atomic mass is 19.1. The lowest BCUT2D eigenvalue weighted by molar-refractivity contribution is -0.122. The average Bonchev–Trinajstić information content (AvgIpc) is 2.62. The van der Waals surface area contributed by atoms with Crippen molar-refractivity contribution in [3.63, 3.8) is 0 Å². The first-order chi connectivity index (χ1) is 13.6. The fraction of sp³-hybridized carbons (Fsp3) is 0.364. The summed E-state index contributed by atoms with van der Waals surface area (Å²) in [5, 5.41) is 2.79. The zero-order chi connectivity index (χ0) is 21.2. The van der Waals surface area contributed by atoms with Crippen LogP contribution < -0.4 is 10.1 Å². The van der Waals surface area contributed by atoms with Crippen molar-refractivity contribution in [1.29, 1.82) is 0 Å². The number of amides is 2. The molecular weight excluding hydrogens is 375 g/mol. The molecule has 3 rings (SSSR count). The van der Waals surface area contributed by atoms with E-state index in [0.29, 0.717) is 17.0 Å². The Labute approximate surface area is 169 Å². The maximum absolute atomic E-state index is 14.2. The van der Waals surface area contributed by atoms with E-state index in [-0.39, 0.29) is 24.8 Å². The molecule has 1 heterocycles. The minimum Gasteiger partial charge on any atom is -0.479 e. The molecule has 7 heteroatoms. The van der Waals surface area contributed by atoms with Crippen molar-refractivity contribution in [2.75, 3.05) is 5.32 Å². The van der Waals surface area contributed by atoms with Crippen molar-refractivity contribution in [2.45, 2.75) is 52.5 Å². The predicted octanol–water partition coefficient (Wildman–Crippen LogP) is 4.48. The van der Waals surface area contributed by atoms with Crippen LogP contribution in [0.1, 0.15) is 38.8 Å². The van der Waals surface area contributed by atoms with Crippen molar-refractivity contribution in [3.8, 4) is 5.75 Å². The van der Waals surface area contributed by atoms with Crippen LogP contribution in [0.3, 0.4) is 0 Å². The van der Waals surface area contributed by atoms with Gasteiger partial charge in [-0.15, -0.1) is 0 Å². The van der Waals surface area contributed by atoms with E-state index in [1.165, 1.54) is 11.0 Å². The second-order valence-corrected chi connectivity index (χ2v) is 8.01. The molecule has 2 amide bonds. The van der Waals surface area contributed by atoms with Gasteiger partial charge in [0.05, 0.1) is 12.2 Å². The Morgan fingerprint density at radius 2 is 1.93 bits per heavy atom. The predicted molar refractivity (Wildman–Crippen MR) is 107 cm³/mol. The van der Waals surface area contributed by atoms with Crippen LogP contribution in [0.15, 0.2) is 42.5 Å². The first-order valence-electron chi connectivity index (χ1n) is 9.44. The topological polar surface area (TPSA) is 67.9 Å². The van der Waals surface area contributed by atoms with E-state index in [9.17, 15) is 14.0 Å². The average molecular weight is 400 g/mol.